The molecule has 0 aromatic carbocycles. The molecule has 1 aliphatic heterocycles. The Hall–Kier alpha value is -3.67. The largest absolute Gasteiger partial charge is 0.394 e. The van der Waals surface area contributed by atoms with E-state index in [9.17, 15) is 30.3 Å². The standard InChI is InChI=1S/C63H103NO8/c1-3-5-7-9-11-13-15-16-17-18-19-20-21-22-23-24-25-26-27-28-29-30-31-32-33-34-35-36-37-38-39-40-41-42-43-45-47-49-51-53-59(67)64-56(55-71-63-62(70)61(69)60(68)58(54-65)72-63)57(66)52-50-48-46-44-14-12-10-8-6-4-2/h5,7,11,13,16-17,19-20,22-23,25-26,28-29,31-32,34-35,37-38,50,52,56-58,60-63,65-66,68-70H,3-4,6,8-10,12,14-15,18,21,24,27,30,33,36,39-49,51,53-55H2,1-2H3,(H,64,67)/b7-5-,13-11-,17-16-,20-19-,23-22-,26-25-,29-28-,32-31-,35-34-,38-37-,52-50+. The summed E-state index contributed by atoms with van der Waals surface area (Å²) >= 11 is 0. The zero-order valence-corrected chi connectivity index (χ0v) is 45.1. The van der Waals surface area contributed by atoms with Crippen LogP contribution in [0.25, 0.3) is 0 Å². The average molecular weight is 1000 g/mol. The lowest BCUT2D eigenvalue weighted by Crippen LogP contribution is -2.60. The van der Waals surface area contributed by atoms with Crippen LogP contribution >= 0.6 is 0 Å². The zero-order valence-electron chi connectivity index (χ0n) is 45.1. The number of amides is 1. The summed E-state index contributed by atoms with van der Waals surface area (Å²) in [4.78, 5) is 13.0. The lowest BCUT2D eigenvalue weighted by atomic mass is 9.99. The van der Waals surface area contributed by atoms with E-state index in [1.54, 1.807) is 6.08 Å². The van der Waals surface area contributed by atoms with Gasteiger partial charge in [-0.2, -0.15) is 0 Å². The van der Waals surface area contributed by atoms with E-state index in [0.29, 0.717) is 6.42 Å². The summed E-state index contributed by atoms with van der Waals surface area (Å²) in [5.41, 5.74) is 0. The number of hydrogen-bond donors (Lipinski definition) is 6. The Bertz CT molecular complexity index is 1580. The highest BCUT2D eigenvalue weighted by Crippen LogP contribution is 2.22. The van der Waals surface area contributed by atoms with E-state index in [4.69, 9.17) is 9.47 Å². The summed E-state index contributed by atoms with van der Waals surface area (Å²) in [6, 6.07) is -0.817. The third-order valence-electron chi connectivity index (χ3n) is 12.5. The Kier molecular flexibility index (Phi) is 46.9. The third kappa shape index (κ3) is 39.8. The van der Waals surface area contributed by atoms with Gasteiger partial charge in [0.15, 0.2) is 6.29 Å². The van der Waals surface area contributed by atoms with E-state index in [1.165, 1.54) is 64.2 Å². The van der Waals surface area contributed by atoms with E-state index in [1.807, 2.05) is 6.08 Å². The van der Waals surface area contributed by atoms with Gasteiger partial charge < -0.3 is 40.3 Å². The summed E-state index contributed by atoms with van der Waals surface area (Å²) in [5, 5.41) is 54.2. The van der Waals surface area contributed by atoms with Gasteiger partial charge in [0.1, 0.15) is 24.4 Å². The van der Waals surface area contributed by atoms with Crippen LogP contribution < -0.4 is 5.32 Å². The van der Waals surface area contributed by atoms with E-state index in [-0.39, 0.29) is 12.5 Å². The fourth-order valence-electron chi connectivity index (χ4n) is 8.01. The predicted octanol–water partition coefficient (Wildman–Crippen LogP) is 14.1. The van der Waals surface area contributed by atoms with Gasteiger partial charge in [0.05, 0.1) is 25.4 Å². The molecule has 0 aliphatic carbocycles. The van der Waals surface area contributed by atoms with Crippen molar-refractivity contribution in [1.29, 1.82) is 0 Å². The quantitative estimate of drug-likeness (QED) is 0.0261. The fourth-order valence-corrected chi connectivity index (χ4v) is 8.01. The van der Waals surface area contributed by atoms with Crippen molar-refractivity contribution in [2.24, 2.45) is 0 Å². The minimum absolute atomic E-state index is 0.194. The summed E-state index contributed by atoms with van der Waals surface area (Å²) in [7, 11) is 0. The molecule has 1 amide bonds. The van der Waals surface area contributed by atoms with Gasteiger partial charge in [-0.15, -0.1) is 0 Å². The van der Waals surface area contributed by atoms with Crippen LogP contribution in [-0.2, 0) is 14.3 Å². The van der Waals surface area contributed by atoms with Crippen molar-refractivity contribution >= 4 is 5.91 Å². The van der Waals surface area contributed by atoms with E-state index in [2.05, 4.69) is 141 Å². The molecule has 6 N–H and O–H groups in total. The maximum atomic E-state index is 13.0. The molecule has 408 valence electrons. The number of carbonyl (C=O) groups is 1. The first-order valence-corrected chi connectivity index (χ1v) is 28.4. The monoisotopic (exact) mass is 1000 g/mol. The van der Waals surface area contributed by atoms with Crippen molar-refractivity contribution in [3.05, 3.63) is 134 Å². The molecule has 9 nitrogen and oxygen atoms in total. The number of allylic oxidation sites excluding steroid dienone is 21. The molecular formula is C63H103NO8. The molecule has 0 aromatic rings. The zero-order chi connectivity index (χ0) is 52.2. The highest BCUT2D eigenvalue weighted by atomic mass is 16.7. The maximum Gasteiger partial charge on any atom is 0.220 e. The molecule has 1 aliphatic rings. The van der Waals surface area contributed by atoms with Crippen LogP contribution in [0.2, 0.25) is 0 Å². The van der Waals surface area contributed by atoms with Gasteiger partial charge in [-0.3, -0.25) is 4.79 Å². The van der Waals surface area contributed by atoms with Crippen molar-refractivity contribution in [3.63, 3.8) is 0 Å². The molecule has 7 unspecified atom stereocenters. The minimum atomic E-state index is -1.57. The highest BCUT2D eigenvalue weighted by Gasteiger charge is 2.44. The molecule has 72 heavy (non-hydrogen) atoms. The molecule has 0 spiro atoms. The smallest absolute Gasteiger partial charge is 0.220 e. The Morgan fingerprint density at radius 3 is 1.28 bits per heavy atom. The molecule has 9 heteroatoms. The van der Waals surface area contributed by atoms with Crippen molar-refractivity contribution in [1.82, 2.24) is 5.32 Å². The number of aliphatic hydroxyl groups excluding tert-OH is 5. The first-order valence-electron chi connectivity index (χ1n) is 28.4. The first kappa shape index (κ1) is 66.3. The molecular weight excluding hydrogens is 899 g/mol. The molecule has 7 atom stereocenters. The summed E-state index contributed by atoms with van der Waals surface area (Å²) < 4.78 is 11.2. The number of nitrogens with one attached hydrogen (secondary N) is 1. The van der Waals surface area contributed by atoms with Gasteiger partial charge in [-0.25, -0.2) is 0 Å². The van der Waals surface area contributed by atoms with Crippen molar-refractivity contribution in [3.8, 4) is 0 Å². The molecule has 0 bridgehead atoms. The van der Waals surface area contributed by atoms with Crippen LogP contribution in [0.1, 0.15) is 200 Å². The van der Waals surface area contributed by atoms with Crippen LogP contribution in [0.3, 0.4) is 0 Å². The van der Waals surface area contributed by atoms with E-state index >= 15 is 0 Å². The van der Waals surface area contributed by atoms with Gasteiger partial charge >= 0.3 is 0 Å². The number of unbranched alkanes of at least 4 members (excludes halogenated alkanes) is 16. The van der Waals surface area contributed by atoms with Crippen LogP contribution in [0.4, 0.5) is 0 Å². The number of carbonyl (C=O) groups excluding carboxylic acids is 1. The summed E-state index contributed by atoms with van der Waals surface area (Å²) in [6.45, 7) is 3.61. The maximum absolute atomic E-state index is 13.0. The average Bonchev–Trinajstić information content (AvgIpc) is 3.38. The number of aliphatic hydroxyl groups is 5. The lowest BCUT2D eigenvalue weighted by molar-refractivity contribution is -0.302. The number of ether oxygens (including phenoxy) is 2. The van der Waals surface area contributed by atoms with Crippen LogP contribution in [-0.4, -0.2) is 87.5 Å². The second-order valence-electron chi connectivity index (χ2n) is 19.0. The van der Waals surface area contributed by atoms with Crippen LogP contribution in [0.5, 0.6) is 0 Å². The molecule has 1 heterocycles. The van der Waals surface area contributed by atoms with E-state index < -0.39 is 49.5 Å². The number of hydrogen-bond acceptors (Lipinski definition) is 8. The van der Waals surface area contributed by atoms with Gasteiger partial charge in [0.25, 0.3) is 0 Å². The molecule has 1 fully saturated rings. The second kappa shape index (κ2) is 50.8. The SMILES string of the molecule is CC/C=C\C/C=C\C/C=C\C/C=C\C/C=C\C/C=C\C/C=C\C/C=C\C/C=C\C/C=C\CCCCCCCCCCC(=O)NC(COC1OC(CO)C(O)C(O)C1O)C(O)/C=C/CCCCCCCCCC. The molecule has 1 rings (SSSR count). The lowest BCUT2D eigenvalue weighted by Gasteiger charge is -2.40. The van der Waals surface area contributed by atoms with E-state index in [0.717, 1.165) is 116 Å². The van der Waals surface area contributed by atoms with Gasteiger partial charge in [0, 0.05) is 6.42 Å². The second-order valence-corrected chi connectivity index (χ2v) is 19.0. The Labute approximate surface area is 439 Å². The summed E-state index contributed by atoms with van der Waals surface area (Å²) in [6.07, 6.45) is 71.0. The Morgan fingerprint density at radius 1 is 0.486 bits per heavy atom. The fraction of sp³-hybridized carbons (Fsp3) is 0.635. The highest BCUT2D eigenvalue weighted by molar-refractivity contribution is 5.76. The Morgan fingerprint density at radius 2 is 0.861 bits per heavy atom. The minimum Gasteiger partial charge on any atom is -0.394 e. The molecule has 0 radical (unpaired) electrons. The van der Waals surface area contributed by atoms with Gasteiger partial charge in [0.2, 0.25) is 5.91 Å². The predicted molar refractivity (Wildman–Crippen MR) is 303 cm³/mol. The number of rotatable bonds is 46. The molecule has 0 saturated carbocycles. The summed E-state index contributed by atoms with van der Waals surface area (Å²) in [5.74, 6) is -0.194. The first-order chi connectivity index (χ1) is 35.3. The van der Waals surface area contributed by atoms with Crippen LogP contribution in [0.15, 0.2) is 134 Å². The van der Waals surface area contributed by atoms with Gasteiger partial charge in [-0.1, -0.05) is 231 Å². The van der Waals surface area contributed by atoms with Crippen molar-refractivity contribution in [2.45, 2.75) is 243 Å². The van der Waals surface area contributed by atoms with Gasteiger partial charge in [-0.05, 0) is 96.3 Å². The third-order valence-corrected chi connectivity index (χ3v) is 12.5. The Balaban J connectivity index is 2.14. The van der Waals surface area contributed by atoms with Crippen LogP contribution in [0, 0.1) is 0 Å². The normalized spacial score (nSPS) is 20.2. The van der Waals surface area contributed by atoms with Crippen molar-refractivity contribution in [2.75, 3.05) is 13.2 Å². The topological polar surface area (TPSA) is 149 Å². The molecule has 0 aromatic heterocycles. The van der Waals surface area contributed by atoms with Crippen molar-refractivity contribution < 1.29 is 39.8 Å². The molecule has 1 saturated heterocycles.